The van der Waals surface area contributed by atoms with Crippen LogP contribution in [0.1, 0.15) is 463 Å². The molecule has 0 aliphatic heterocycles. The fourth-order valence-corrected chi connectivity index (χ4v) is 13.0. The minimum atomic E-state index is -0.840. The third-order valence-electron chi connectivity index (χ3n) is 19.1. The highest BCUT2D eigenvalue weighted by atomic mass is 16.5. The Hall–Kier alpha value is -1.40. The molecular formula is C80H157NO5. The second-order valence-corrected chi connectivity index (χ2v) is 27.8. The van der Waals surface area contributed by atoms with Crippen LogP contribution in [0.5, 0.6) is 0 Å². The van der Waals surface area contributed by atoms with E-state index in [4.69, 9.17) is 4.74 Å². The normalized spacial score (nSPS) is 12.5. The van der Waals surface area contributed by atoms with Gasteiger partial charge in [-0.05, 0) is 32.1 Å². The van der Waals surface area contributed by atoms with Gasteiger partial charge in [0.25, 0.3) is 0 Å². The number of unbranched alkanes of at least 4 members (excludes halogenated alkanes) is 65. The van der Waals surface area contributed by atoms with E-state index in [1.165, 1.54) is 398 Å². The summed E-state index contributed by atoms with van der Waals surface area (Å²) in [5.74, 6) is -0.0325. The Morgan fingerprint density at radius 2 is 0.535 bits per heavy atom. The van der Waals surface area contributed by atoms with Gasteiger partial charge in [-0.3, -0.25) is 9.59 Å². The average Bonchev–Trinajstić information content (AvgIpc) is 3.60. The molecule has 1 amide bonds. The molecule has 2 atom stereocenters. The highest BCUT2D eigenvalue weighted by Gasteiger charge is 2.18. The maximum atomic E-state index is 12.5. The Bertz CT molecular complexity index is 1300. The second-order valence-electron chi connectivity index (χ2n) is 27.8. The maximum Gasteiger partial charge on any atom is 0.305 e. The molecule has 6 nitrogen and oxygen atoms in total. The molecule has 0 spiro atoms. The average molecular weight is 1210 g/mol. The van der Waals surface area contributed by atoms with Crippen LogP contribution in [0.15, 0.2) is 12.2 Å². The zero-order valence-corrected chi connectivity index (χ0v) is 58.8. The first-order valence-corrected chi connectivity index (χ1v) is 40.0. The number of allylic oxidation sites excluding steroid dienone is 1. The van der Waals surface area contributed by atoms with Crippen LogP contribution in [0.25, 0.3) is 0 Å². The summed E-state index contributed by atoms with van der Waals surface area (Å²) in [6, 6.07) is -0.623. The van der Waals surface area contributed by atoms with E-state index >= 15 is 0 Å². The van der Waals surface area contributed by atoms with Gasteiger partial charge in [0, 0.05) is 12.8 Å². The predicted molar refractivity (Wildman–Crippen MR) is 380 cm³/mol. The monoisotopic (exact) mass is 1210 g/mol. The van der Waals surface area contributed by atoms with Crippen LogP contribution in [0.2, 0.25) is 0 Å². The fourth-order valence-electron chi connectivity index (χ4n) is 13.0. The van der Waals surface area contributed by atoms with E-state index in [9.17, 15) is 19.8 Å². The Morgan fingerprint density at radius 1 is 0.314 bits per heavy atom. The largest absolute Gasteiger partial charge is 0.466 e. The smallest absolute Gasteiger partial charge is 0.305 e. The molecule has 0 rings (SSSR count). The lowest BCUT2D eigenvalue weighted by Crippen LogP contribution is -2.45. The Balaban J connectivity index is 3.31. The minimum Gasteiger partial charge on any atom is -0.466 e. The molecule has 0 aliphatic carbocycles. The van der Waals surface area contributed by atoms with Crippen molar-refractivity contribution >= 4 is 11.9 Å². The second kappa shape index (κ2) is 76.1. The molecule has 6 heteroatoms. The third-order valence-corrected chi connectivity index (χ3v) is 19.1. The molecule has 0 aliphatic rings. The van der Waals surface area contributed by atoms with Gasteiger partial charge in [0.05, 0.1) is 25.4 Å². The van der Waals surface area contributed by atoms with Gasteiger partial charge in [-0.15, -0.1) is 0 Å². The molecule has 0 radical (unpaired) electrons. The van der Waals surface area contributed by atoms with Crippen LogP contribution >= 0.6 is 0 Å². The number of aliphatic hydroxyl groups excluding tert-OH is 2. The van der Waals surface area contributed by atoms with E-state index in [1.54, 1.807) is 6.08 Å². The number of carbonyl (C=O) groups excluding carboxylic acids is 2. The number of hydrogen-bond acceptors (Lipinski definition) is 5. The zero-order valence-electron chi connectivity index (χ0n) is 58.8. The Labute approximate surface area is 539 Å². The highest BCUT2D eigenvalue weighted by Crippen LogP contribution is 2.20. The summed E-state index contributed by atoms with van der Waals surface area (Å²) < 4.78 is 5.48. The van der Waals surface area contributed by atoms with Gasteiger partial charge in [0.2, 0.25) is 5.91 Å². The number of hydrogen-bond donors (Lipinski definition) is 3. The maximum absolute atomic E-state index is 12.5. The molecule has 0 fully saturated rings. The number of esters is 1. The molecule has 2 unspecified atom stereocenters. The SMILES string of the molecule is CCCCCCCCCCCCCCCCCCC/C=C/C(O)C(CO)NC(=O)CCCCCCCCCCCCCCCCCCCCCCCCCCCCCCCCCCCCCCCCCOC(=O)CCCCCCCCCCCCC. The lowest BCUT2D eigenvalue weighted by atomic mass is 10.0. The number of ether oxygens (including phenoxy) is 1. The zero-order chi connectivity index (χ0) is 62.0. The lowest BCUT2D eigenvalue weighted by Gasteiger charge is -2.20. The number of aliphatic hydroxyl groups is 2. The highest BCUT2D eigenvalue weighted by molar-refractivity contribution is 5.76. The number of rotatable bonds is 76. The van der Waals surface area contributed by atoms with Crippen molar-refractivity contribution in [2.24, 2.45) is 0 Å². The van der Waals surface area contributed by atoms with Crippen molar-refractivity contribution in [3.8, 4) is 0 Å². The molecule has 0 heterocycles. The Morgan fingerprint density at radius 3 is 0.791 bits per heavy atom. The van der Waals surface area contributed by atoms with Gasteiger partial charge in [0.1, 0.15) is 0 Å². The predicted octanol–water partition coefficient (Wildman–Crippen LogP) is 26.3. The minimum absolute atomic E-state index is 0.0246. The van der Waals surface area contributed by atoms with Crippen molar-refractivity contribution in [1.29, 1.82) is 0 Å². The lowest BCUT2D eigenvalue weighted by molar-refractivity contribution is -0.143. The van der Waals surface area contributed by atoms with Gasteiger partial charge < -0.3 is 20.3 Å². The molecule has 0 saturated carbocycles. The summed E-state index contributed by atoms with van der Waals surface area (Å²) in [5, 5.41) is 23.3. The first-order chi connectivity index (χ1) is 42.5. The van der Waals surface area contributed by atoms with E-state index < -0.39 is 12.1 Å². The van der Waals surface area contributed by atoms with Crippen molar-refractivity contribution in [2.45, 2.75) is 475 Å². The topological polar surface area (TPSA) is 95.9 Å². The van der Waals surface area contributed by atoms with Crippen LogP contribution in [0.3, 0.4) is 0 Å². The summed E-state index contributed by atoms with van der Waals surface area (Å²) in [5.41, 5.74) is 0. The van der Waals surface area contributed by atoms with Crippen LogP contribution in [0, 0.1) is 0 Å². The van der Waals surface area contributed by atoms with Gasteiger partial charge in [0.15, 0.2) is 0 Å². The van der Waals surface area contributed by atoms with Gasteiger partial charge >= 0.3 is 5.97 Å². The van der Waals surface area contributed by atoms with Gasteiger partial charge in [-0.2, -0.15) is 0 Å². The summed E-state index contributed by atoms with van der Waals surface area (Å²) in [4.78, 5) is 24.6. The number of nitrogens with one attached hydrogen (secondary N) is 1. The molecular weight excluding hydrogens is 1050 g/mol. The van der Waals surface area contributed by atoms with E-state index in [1.807, 2.05) is 6.08 Å². The van der Waals surface area contributed by atoms with Crippen LogP contribution in [-0.4, -0.2) is 47.4 Å². The Kier molecular flexibility index (Phi) is 74.8. The van der Waals surface area contributed by atoms with E-state index in [0.717, 1.165) is 38.5 Å². The van der Waals surface area contributed by atoms with Crippen LogP contribution in [-0.2, 0) is 14.3 Å². The standard InChI is InChI=1S/C80H157NO5/c1-3-5-7-9-11-13-15-16-17-18-40-43-46-49-53-56-60-64-68-72-78(83)77(76-82)81-79(84)73-69-65-61-57-54-50-47-44-41-38-36-34-32-30-28-26-24-22-20-19-21-23-25-27-29-31-33-35-37-39-42-45-48-51-55-59-63-67-71-75-86-80(85)74-70-66-62-58-52-14-12-10-8-6-4-2/h68,72,77-78,82-83H,3-67,69-71,73-76H2,1-2H3,(H,81,84)/b72-68+. The van der Waals surface area contributed by atoms with Crippen molar-refractivity contribution in [3.05, 3.63) is 12.2 Å². The van der Waals surface area contributed by atoms with E-state index in [2.05, 4.69) is 19.2 Å². The first kappa shape index (κ1) is 84.6. The van der Waals surface area contributed by atoms with Crippen molar-refractivity contribution in [2.75, 3.05) is 13.2 Å². The van der Waals surface area contributed by atoms with Gasteiger partial charge in [-0.25, -0.2) is 0 Å². The molecule has 0 saturated heterocycles. The van der Waals surface area contributed by atoms with Crippen molar-refractivity contribution < 1.29 is 24.5 Å². The summed E-state index contributed by atoms with van der Waals surface area (Å²) in [6.45, 7) is 4.96. The van der Waals surface area contributed by atoms with Crippen LogP contribution in [0.4, 0.5) is 0 Å². The van der Waals surface area contributed by atoms with Crippen molar-refractivity contribution in [3.63, 3.8) is 0 Å². The van der Waals surface area contributed by atoms with Crippen LogP contribution < -0.4 is 5.32 Å². The molecule has 0 bridgehead atoms. The molecule has 3 N–H and O–H groups in total. The quantitative estimate of drug-likeness (QED) is 0.0320. The molecule has 512 valence electrons. The molecule has 0 aromatic carbocycles. The van der Waals surface area contributed by atoms with E-state index in [0.29, 0.717) is 19.4 Å². The molecule has 86 heavy (non-hydrogen) atoms. The number of carbonyl (C=O) groups is 2. The number of amides is 1. The summed E-state index contributed by atoms with van der Waals surface area (Å²) >= 11 is 0. The summed E-state index contributed by atoms with van der Waals surface area (Å²) in [6.07, 6.45) is 96.4. The third kappa shape index (κ3) is 71.7. The van der Waals surface area contributed by atoms with E-state index in [-0.39, 0.29) is 18.5 Å². The molecule has 0 aromatic rings. The van der Waals surface area contributed by atoms with Gasteiger partial charge in [-0.1, -0.05) is 431 Å². The van der Waals surface area contributed by atoms with Crippen molar-refractivity contribution in [1.82, 2.24) is 5.32 Å². The fraction of sp³-hybridized carbons (Fsp3) is 0.950. The summed E-state index contributed by atoms with van der Waals surface area (Å²) in [7, 11) is 0. The first-order valence-electron chi connectivity index (χ1n) is 40.0. The molecule has 0 aromatic heterocycles.